The van der Waals surface area contributed by atoms with E-state index in [1.54, 1.807) is 0 Å². The summed E-state index contributed by atoms with van der Waals surface area (Å²) in [6.07, 6.45) is 5.77. The van der Waals surface area contributed by atoms with Crippen LogP contribution in [0.15, 0.2) is 116 Å². The molecular formula is C44H43N5O. The summed E-state index contributed by atoms with van der Waals surface area (Å²) in [6, 6.07) is 34.3. The van der Waals surface area contributed by atoms with Gasteiger partial charge in [0.05, 0.1) is 28.6 Å². The van der Waals surface area contributed by atoms with E-state index >= 15 is 0 Å². The van der Waals surface area contributed by atoms with E-state index < -0.39 is 0 Å². The number of anilines is 4. The SMILES string of the molecule is Cc1cc(C(C)C)cc(C)c1N1CN(c2cccc(Oc3ccc4c5ccccc5n(-c5cc(C(C)(C)C)ccn5)c4c3)c2)c2ccncc21. The molecule has 0 atom stereocenters. The van der Waals surface area contributed by atoms with Crippen molar-refractivity contribution in [3.8, 4) is 17.3 Å². The van der Waals surface area contributed by atoms with Crippen molar-refractivity contribution < 1.29 is 4.74 Å². The van der Waals surface area contributed by atoms with Crippen LogP contribution in [0.5, 0.6) is 11.5 Å². The van der Waals surface area contributed by atoms with E-state index in [0.29, 0.717) is 12.6 Å². The first kappa shape index (κ1) is 31.6. The Kier molecular flexibility index (Phi) is 7.63. The van der Waals surface area contributed by atoms with Crippen molar-refractivity contribution in [3.05, 3.63) is 138 Å². The Balaban J connectivity index is 1.15. The molecule has 0 aliphatic carbocycles. The Morgan fingerprint density at radius 3 is 2.24 bits per heavy atom. The third-order valence-electron chi connectivity index (χ3n) is 9.94. The topological polar surface area (TPSA) is 46.4 Å². The third-order valence-corrected chi connectivity index (χ3v) is 9.94. The number of fused-ring (bicyclic) bond motifs is 4. The van der Waals surface area contributed by atoms with Gasteiger partial charge < -0.3 is 14.5 Å². The molecule has 0 fully saturated rings. The number of nitrogens with zero attached hydrogens (tertiary/aromatic N) is 5. The quantitative estimate of drug-likeness (QED) is 0.178. The zero-order valence-electron chi connectivity index (χ0n) is 29.9. The van der Waals surface area contributed by atoms with E-state index in [1.165, 1.54) is 38.7 Å². The van der Waals surface area contributed by atoms with Crippen LogP contribution in [0.1, 0.15) is 62.8 Å². The smallest absolute Gasteiger partial charge is 0.137 e. The second-order valence-electron chi connectivity index (χ2n) is 14.8. The van der Waals surface area contributed by atoms with E-state index in [0.717, 1.165) is 45.4 Å². The molecule has 3 aromatic heterocycles. The van der Waals surface area contributed by atoms with Gasteiger partial charge in [-0.2, -0.15) is 0 Å². The van der Waals surface area contributed by atoms with Crippen molar-refractivity contribution in [3.63, 3.8) is 0 Å². The van der Waals surface area contributed by atoms with Gasteiger partial charge in [-0.15, -0.1) is 0 Å². The highest BCUT2D eigenvalue weighted by Gasteiger charge is 2.30. The highest BCUT2D eigenvalue weighted by atomic mass is 16.5. The molecule has 0 saturated carbocycles. The molecule has 0 radical (unpaired) electrons. The fourth-order valence-electron chi connectivity index (χ4n) is 7.39. The van der Waals surface area contributed by atoms with Gasteiger partial charge in [-0.05, 0) is 96.0 Å². The van der Waals surface area contributed by atoms with Crippen LogP contribution in [0.4, 0.5) is 22.7 Å². The van der Waals surface area contributed by atoms with E-state index in [1.807, 2.05) is 24.7 Å². The number of hydrogen-bond donors (Lipinski definition) is 0. The number of ether oxygens (including phenoxy) is 1. The van der Waals surface area contributed by atoms with Crippen LogP contribution in [0.3, 0.4) is 0 Å². The number of aromatic nitrogens is 3. The predicted molar refractivity (Wildman–Crippen MR) is 207 cm³/mol. The monoisotopic (exact) mass is 657 g/mol. The highest BCUT2D eigenvalue weighted by molar-refractivity contribution is 6.09. The third kappa shape index (κ3) is 5.45. The van der Waals surface area contributed by atoms with Crippen LogP contribution < -0.4 is 14.5 Å². The summed E-state index contributed by atoms with van der Waals surface area (Å²) in [5.41, 5.74) is 11.9. The van der Waals surface area contributed by atoms with Crippen molar-refractivity contribution in [2.24, 2.45) is 0 Å². The number of benzene rings is 4. The minimum atomic E-state index is 0.00911. The van der Waals surface area contributed by atoms with E-state index in [-0.39, 0.29) is 5.41 Å². The summed E-state index contributed by atoms with van der Waals surface area (Å²) in [5.74, 6) is 2.93. The Morgan fingerprint density at radius 2 is 1.46 bits per heavy atom. The summed E-state index contributed by atoms with van der Waals surface area (Å²) in [5, 5.41) is 2.36. The maximum absolute atomic E-state index is 6.64. The Hall–Kier alpha value is -5.62. The second kappa shape index (κ2) is 12.1. The minimum Gasteiger partial charge on any atom is -0.457 e. The Labute approximate surface area is 294 Å². The average molecular weight is 658 g/mol. The van der Waals surface area contributed by atoms with Gasteiger partial charge in [0.1, 0.15) is 24.0 Å². The average Bonchev–Trinajstić information content (AvgIpc) is 3.64. The standard InChI is InChI=1S/C44H43N5O/c1-28(2)31-21-29(3)43(30(4)22-31)48-27-47(39-18-19-45-26-41(39)48)33-11-10-12-34(24-33)50-35-15-16-37-36-13-8-9-14-38(36)49(40(37)25-35)42-23-32(17-20-46-42)44(5,6)7/h8-26,28H,27H2,1-7H3. The van der Waals surface area contributed by atoms with Gasteiger partial charge in [0, 0.05) is 46.7 Å². The molecule has 250 valence electrons. The van der Waals surface area contributed by atoms with Gasteiger partial charge >= 0.3 is 0 Å². The molecule has 4 aromatic carbocycles. The summed E-state index contributed by atoms with van der Waals surface area (Å²) in [4.78, 5) is 14.1. The lowest BCUT2D eigenvalue weighted by Crippen LogP contribution is -2.25. The lowest BCUT2D eigenvalue weighted by molar-refractivity contribution is 0.483. The van der Waals surface area contributed by atoms with Crippen molar-refractivity contribution in [2.45, 2.75) is 59.8 Å². The Bertz CT molecular complexity index is 2380. The molecule has 0 saturated heterocycles. The number of aryl methyl sites for hydroxylation is 2. The summed E-state index contributed by atoms with van der Waals surface area (Å²) in [7, 11) is 0. The first-order valence-electron chi connectivity index (χ1n) is 17.4. The maximum atomic E-state index is 6.64. The van der Waals surface area contributed by atoms with Crippen LogP contribution in [0, 0.1) is 13.8 Å². The number of hydrogen-bond acceptors (Lipinski definition) is 5. The van der Waals surface area contributed by atoms with Gasteiger partial charge in [0.25, 0.3) is 0 Å². The predicted octanol–water partition coefficient (Wildman–Crippen LogP) is 11.7. The van der Waals surface area contributed by atoms with E-state index in [2.05, 4.69) is 159 Å². The number of rotatable bonds is 6. The lowest BCUT2D eigenvalue weighted by Gasteiger charge is -2.26. The van der Waals surface area contributed by atoms with Gasteiger partial charge in [0.2, 0.25) is 0 Å². The van der Waals surface area contributed by atoms with Crippen molar-refractivity contribution in [2.75, 3.05) is 16.5 Å². The van der Waals surface area contributed by atoms with Gasteiger partial charge in [-0.1, -0.05) is 71.0 Å². The summed E-state index contributed by atoms with van der Waals surface area (Å²) < 4.78 is 8.89. The molecule has 4 heterocycles. The molecule has 50 heavy (non-hydrogen) atoms. The van der Waals surface area contributed by atoms with E-state index in [9.17, 15) is 0 Å². The van der Waals surface area contributed by atoms with Crippen molar-refractivity contribution in [1.82, 2.24) is 14.5 Å². The highest BCUT2D eigenvalue weighted by Crippen LogP contribution is 2.46. The second-order valence-corrected chi connectivity index (χ2v) is 14.8. The van der Waals surface area contributed by atoms with Crippen LogP contribution in [-0.2, 0) is 5.41 Å². The zero-order valence-corrected chi connectivity index (χ0v) is 29.9. The first-order valence-corrected chi connectivity index (χ1v) is 17.4. The van der Waals surface area contributed by atoms with E-state index in [4.69, 9.17) is 9.72 Å². The molecule has 7 aromatic rings. The van der Waals surface area contributed by atoms with Crippen LogP contribution in [0.2, 0.25) is 0 Å². The molecule has 0 bridgehead atoms. The molecule has 6 nitrogen and oxygen atoms in total. The largest absolute Gasteiger partial charge is 0.457 e. The number of para-hydroxylation sites is 1. The van der Waals surface area contributed by atoms with Crippen LogP contribution in [-0.4, -0.2) is 21.2 Å². The molecule has 0 spiro atoms. The molecule has 1 aliphatic heterocycles. The molecule has 1 aliphatic rings. The molecular weight excluding hydrogens is 615 g/mol. The lowest BCUT2D eigenvalue weighted by atomic mass is 9.88. The normalized spacial score (nSPS) is 13.1. The molecule has 8 rings (SSSR count). The first-order chi connectivity index (χ1) is 24.1. The molecule has 0 unspecified atom stereocenters. The summed E-state index contributed by atoms with van der Waals surface area (Å²) in [6.45, 7) is 16.3. The fraction of sp³-hybridized carbons (Fsp3) is 0.227. The molecule has 0 N–H and O–H groups in total. The van der Waals surface area contributed by atoms with Crippen LogP contribution >= 0.6 is 0 Å². The van der Waals surface area contributed by atoms with Crippen molar-refractivity contribution >= 4 is 44.6 Å². The summed E-state index contributed by atoms with van der Waals surface area (Å²) >= 11 is 0. The number of pyridine rings is 2. The van der Waals surface area contributed by atoms with Crippen LogP contribution in [0.25, 0.3) is 27.6 Å². The maximum Gasteiger partial charge on any atom is 0.137 e. The molecule has 0 amide bonds. The molecule has 6 heteroatoms. The van der Waals surface area contributed by atoms with Gasteiger partial charge in [-0.25, -0.2) is 4.98 Å². The Morgan fingerprint density at radius 1 is 0.700 bits per heavy atom. The fourth-order valence-corrected chi connectivity index (χ4v) is 7.39. The zero-order chi connectivity index (χ0) is 34.7. The van der Waals surface area contributed by atoms with Crippen molar-refractivity contribution in [1.29, 1.82) is 0 Å². The van der Waals surface area contributed by atoms with Gasteiger partial charge in [0.15, 0.2) is 0 Å². The van der Waals surface area contributed by atoms with Gasteiger partial charge in [-0.3, -0.25) is 9.55 Å². The minimum absolute atomic E-state index is 0.00911.